The molecular formula is C54H71ClF6N4O6S. The number of aliphatic hydroxyl groups is 1. The van der Waals surface area contributed by atoms with Crippen molar-refractivity contribution in [1.29, 1.82) is 0 Å². The maximum Gasteiger partial charge on any atom is 0.453 e. The van der Waals surface area contributed by atoms with E-state index in [0.717, 1.165) is 122 Å². The third-order valence-electron chi connectivity index (χ3n) is 15.6. The zero-order valence-electron chi connectivity index (χ0n) is 41.5. The Morgan fingerprint density at radius 1 is 0.903 bits per heavy atom. The molecule has 4 aliphatic rings. The molecule has 3 aromatic carbocycles. The third kappa shape index (κ3) is 14.3. The van der Waals surface area contributed by atoms with Crippen LogP contribution in [0.3, 0.4) is 0 Å². The first-order valence-electron chi connectivity index (χ1n) is 25.7. The largest absolute Gasteiger partial charge is 0.616 e. The Morgan fingerprint density at radius 3 is 2.38 bits per heavy atom. The van der Waals surface area contributed by atoms with Crippen molar-refractivity contribution in [2.45, 2.75) is 134 Å². The smallest absolute Gasteiger partial charge is 0.453 e. The lowest BCUT2D eigenvalue weighted by molar-refractivity contribution is -0.284. The van der Waals surface area contributed by atoms with Crippen molar-refractivity contribution < 1.29 is 55.3 Å². The third-order valence-corrected chi connectivity index (χ3v) is 17.4. The average molecular weight is 1050 g/mol. The molecule has 2 saturated carbocycles. The van der Waals surface area contributed by atoms with Gasteiger partial charge >= 0.3 is 12.1 Å². The Bertz CT molecular complexity index is 2370. The number of unbranched alkanes of at least 4 members (excludes halogenated alkanes) is 6. The van der Waals surface area contributed by atoms with Crippen molar-refractivity contribution in [2.75, 3.05) is 63.4 Å². The van der Waals surface area contributed by atoms with Crippen LogP contribution in [-0.4, -0.2) is 106 Å². The van der Waals surface area contributed by atoms with Crippen LogP contribution < -0.4 is 14.8 Å². The number of hydrogen-bond donors (Lipinski definition) is 3. The number of nitrogens with zero attached hydrogens (tertiary/aromatic N) is 3. The van der Waals surface area contributed by atoms with Gasteiger partial charge in [0.15, 0.2) is 11.5 Å². The lowest BCUT2D eigenvalue weighted by Crippen LogP contribution is -2.47. The molecule has 1 unspecified atom stereocenters. The molecule has 2 heterocycles. The summed E-state index contributed by atoms with van der Waals surface area (Å²) < 4.78 is 105. The van der Waals surface area contributed by atoms with E-state index in [2.05, 4.69) is 33.2 Å². The van der Waals surface area contributed by atoms with Crippen molar-refractivity contribution in [2.24, 2.45) is 23.2 Å². The van der Waals surface area contributed by atoms with Gasteiger partial charge < -0.3 is 34.3 Å². The number of anilines is 2. The second-order valence-corrected chi connectivity index (χ2v) is 22.4. The topological polar surface area (TPSA) is 132 Å². The number of morpholine rings is 1. The van der Waals surface area contributed by atoms with Gasteiger partial charge in [-0.3, -0.25) is 4.90 Å². The number of ether oxygens (including phenoxy) is 3. The fraction of sp³-hybridized carbons (Fsp3) is 0.630. The summed E-state index contributed by atoms with van der Waals surface area (Å²) in [6.45, 7) is 7.31. The first-order valence-corrected chi connectivity index (χ1v) is 27.6. The second kappa shape index (κ2) is 25.7. The van der Waals surface area contributed by atoms with Gasteiger partial charge in [-0.2, -0.15) is 22.0 Å². The Balaban J connectivity index is 0.000000219. The normalized spacial score (nSPS) is 23.6. The van der Waals surface area contributed by atoms with Crippen LogP contribution in [0.4, 0.5) is 37.8 Å². The van der Waals surface area contributed by atoms with E-state index in [4.69, 9.17) is 25.8 Å². The summed E-state index contributed by atoms with van der Waals surface area (Å²) in [7, 11) is 1.60. The summed E-state index contributed by atoms with van der Waals surface area (Å²) in [5.41, 5.74) is 4.04. The number of aromatic hydroxyl groups is 1. The molecule has 398 valence electrons. The molecule has 0 radical (unpaired) electrons. The quantitative estimate of drug-likeness (QED) is 0.0397. The van der Waals surface area contributed by atoms with Gasteiger partial charge in [0.2, 0.25) is 0 Å². The van der Waals surface area contributed by atoms with E-state index in [0.29, 0.717) is 76.7 Å². The fourth-order valence-electron chi connectivity index (χ4n) is 11.7. The standard InChI is InChI=1S/C32H47F5O3S.C22H24ClFN4O3/c1-30-17-15-26-25-12-11-24(38)21-23(25)20-22(29(26)27(30)13-14-28(30)39)10-7-5-3-2-4-6-8-18-41(40)19-9-16-31(33,34)32(35,36)37;1-29-20-13-19-16(12-21(20)31-8-2-5-28-6-9-30-10-7-28)22(26-14-25-19)27-15-3-4-18(24)17(23)11-15/h11-12,21-22,26-29,38-39H,2-10,13-20H2,1H3;3-4,11-14H,2,5-10H2,1H3,(H,25,26,27)/t22-,26-,27+,28+,29-,30+,41?;/m1./s1. The van der Waals surface area contributed by atoms with Crippen LogP contribution in [-0.2, 0) is 22.3 Å². The number of aliphatic hydroxyl groups excluding tert-OH is 1. The number of hydrogen-bond acceptors (Lipinski definition) is 10. The van der Waals surface area contributed by atoms with Crippen LogP contribution in [0, 0.1) is 29.0 Å². The number of halogens is 7. The van der Waals surface area contributed by atoms with E-state index in [1.807, 2.05) is 24.3 Å². The Kier molecular flexibility index (Phi) is 20.0. The van der Waals surface area contributed by atoms with Crippen LogP contribution in [0.15, 0.2) is 54.9 Å². The van der Waals surface area contributed by atoms with Crippen LogP contribution >= 0.6 is 11.6 Å². The lowest BCUT2D eigenvalue weighted by atomic mass is 9.52. The monoisotopic (exact) mass is 1050 g/mol. The molecule has 1 aliphatic heterocycles. The predicted molar refractivity (Wildman–Crippen MR) is 271 cm³/mol. The zero-order chi connectivity index (χ0) is 51.5. The van der Waals surface area contributed by atoms with Gasteiger partial charge in [-0.1, -0.05) is 67.9 Å². The summed E-state index contributed by atoms with van der Waals surface area (Å²) in [5.74, 6) is -0.603. The van der Waals surface area contributed by atoms with Gasteiger partial charge in [0, 0.05) is 43.2 Å². The van der Waals surface area contributed by atoms with E-state index < -0.39 is 41.9 Å². The van der Waals surface area contributed by atoms with Crippen molar-refractivity contribution in [3.05, 3.63) is 76.8 Å². The zero-order valence-corrected chi connectivity index (χ0v) is 43.0. The molecule has 10 nitrogen and oxygen atoms in total. The Hall–Kier alpha value is -3.74. The molecule has 8 rings (SSSR count). The molecule has 1 saturated heterocycles. The molecular weight excluding hydrogens is 982 g/mol. The molecule has 4 aromatic rings. The lowest BCUT2D eigenvalue weighted by Gasteiger charge is -2.53. The molecule has 72 heavy (non-hydrogen) atoms. The first-order chi connectivity index (χ1) is 34.5. The minimum absolute atomic E-state index is 0.0195. The van der Waals surface area contributed by atoms with Crippen LogP contribution in [0.25, 0.3) is 10.9 Å². The highest BCUT2D eigenvalue weighted by molar-refractivity contribution is 7.91. The number of methoxy groups -OCH3 is 1. The van der Waals surface area contributed by atoms with Gasteiger partial charge in [0.05, 0.1) is 43.6 Å². The Labute approximate surface area is 428 Å². The van der Waals surface area contributed by atoms with E-state index >= 15 is 0 Å². The summed E-state index contributed by atoms with van der Waals surface area (Å²) in [5, 5.41) is 24.9. The van der Waals surface area contributed by atoms with Gasteiger partial charge in [-0.15, -0.1) is 0 Å². The predicted octanol–water partition coefficient (Wildman–Crippen LogP) is 13.0. The number of phenolic OH excluding ortho intramolecular Hbond substituents is 1. The van der Waals surface area contributed by atoms with Crippen molar-refractivity contribution in [3.8, 4) is 17.2 Å². The minimum Gasteiger partial charge on any atom is -0.616 e. The number of nitrogens with one attached hydrogen (secondary N) is 1. The summed E-state index contributed by atoms with van der Waals surface area (Å²) in [6.07, 6.45) is 8.32. The van der Waals surface area contributed by atoms with E-state index in [1.54, 1.807) is 13.2 Å². The second-order valence-electron chi connectivity index (χ2n) is 20.3. The molecule has 3 aliphatic carbocycles. The molecule has 0 bridgehead atoms. The average Bonchev–Trinajstić information content (AvgIpc) is 3.66. The van der Waals surface area contributed by atoms with E-state index in [9.17, 15) is 41.1 Å². The number of fused-ring (bicyclic) bond motifs is 6. The summed E-state index contributed by atoms with van der Waals surface area (Å²) in [6, 6.07) is 14.0. The maximum atomic E-state index is 13.5. The maximum absolute atomic E-state index is 13.5. The van der Waals surface area contributed by atoms with Crippen LogP contribution in [0.2, 0.25) is 5.02 Å². The molecule has 3 fully saturated rings. The van der Waals surface area contributed by atoms with Crippen molar-refractivity contribution in [3.63, 3.8) is 0 Å². The van der Waals surface area contributed by atoms with Gasteiger partial charge in [-0.25, -0.2) is 14.4 Å². The summed E-state index contributed by atoms with van der Waals surface area (Å²) >= 11 is 4.54. The molecule has 3 N–H and O–H groups in total. The SMILES string of the molecule is COc1cc2ncnc(Nc3ccc(F)c(Cl)c3)c2cc1OCCCN1CCOCC1.C[C@]12CC[C@@H]3c4ccc(O)cc4C[C@@H](CCCCCCCCC[S+]([O-])CCCC(F)(F)C(F)(F)F)[C@H]3[C@@H]1CC[C@@H]2O. The molecule has 1 aromatic heterocycles. The number of aromatic nitrogens is 2. The number of rotatable bonds is 22. The number of phenols is 1. The highest BCUT2D eigenvalue weighted by Crippen LogP contribution is 2.63. The van der Waals surface area contributed by atoms with E-state index in [1.165, 1.54) is 29.6 Å². The number of alkyl halides is 5. The fourth-order valence-corrected chi connectivity index (χ4v) is 13.1. The number of benzene rings is 3. The van der Waals surface area contributed by atoms with E-state index in [-0.39, 0.29) is 22.3 Å². The van der Waals surface area contributed by atoms with Gasteiger partial charge in [0.25, 0.3) is 0 Å². The molecule has 0 spiro atoms. The van der Waals surface area contributed by atoms with Gasteiger partial charge in [0.1, 0.15) is 35.2 Å². The Morgan fingerprint density at radius 2 is 1.64 bits per heavy atom. The van der Waals surface area contributed by atoms with Crippen molar-refractivity contribution in [1.82, 2.24) is 14.9 Å². The van der Waals surface area contributed by atoms with Gasteiger partial charge in [-0.05, 0) is 141 Å². The minimum atomic E-state index is -5.54. The highest BCUT2D eigenvalue weighted by atomic mass is 35.5. The molecule has 0 amide bonds. The summed E-state index contributed by atoms with van der Waals surface area (Å²) in [4.78, 5) is 11.0. The van der Waals surface area contributed by atoms with Crippen molar-refractivity contribution >= 4 is 45.2 Å². The molecule has 18 heteroatoms. The molecule has 7 atom stereocenters. The van der Waals surface area contributed by atoms with Crippen LogP contribution in [0.5, 0.6) is 17.2 Å². The highest BCUT2D eigenvalue weighted by Gasteiger charge is 2.57. The first kappa shape index (κ1) is 56.0. The van der Waals surface area contributed by atoms with Crippen LogP contribution in [0.1, 0.15) is 120 Å².